The summed E-state index contributed by atoms with van der Waals surface area (Å²) >= 11 is 0. The Morgan fingerprint density at radius 1 is 0.800 bits per heavy atom. The topological polar surface area (TPSA) is 43.7 Å². The molecule has 92 valence electrons. The molecule has 4 heteroatoms. The first-order valence-corrected chi connectivity index (χ1v) is 8.00. The summed E-state index contributed by atoms with van der Waals surface area (Å²) in [4.78, 5) is 0. The lowest BCUT2D eigenvalue weighted by Gasteiger charge is -2.49. The standard InChI is InChI=1S/C11H27NO2Si/c1-9(2)15(10(3)4,11(5)6)12(7-13)8-14/h9-11,13-14H,7-8H2,1-6H3. The summed E-state index contributed by atoms with van der Waals surface area (Å²) in [6, 6.07) is 0. The van der Waals surface area contributed by atoms with Gasteiger partial charge in [0.05, 0.1) is 13.5 Å². The largest absolute Gasteiger partial charge is 0.382 e. The predicted molar refractivity (Wildman–Crippen MR) is 67.1 cm³/mol. The smallest absolute Gasteiger partial charge is 0.141 e. The van der Waals surface area contributed by atoms with Crippen molar-refractivity contribution in [1.82, 2.24) is 4.57 Å². The monoisotopic (exact) mass is 233 g/mol. The molecule has 0 rings (SSSR count). The third-order valence-corrected chi connectivity index (χ3v) is 10.6. The molecule has 0 spiro atoms. The number of aliphatic hydroxyl groups is 2. The van der Waals surface area contributed by atoms with E-state index in [1.54, 1.807) is 0 Å². The zero-order chi connectivity index (χ0) is 12.2. The van der Waals surface area contributed by atoms with Gasteiger partial charge in [0.15, 0.2) is 0 Å². The van der Waals surface area contributed by atoms with E-state index in [0.717, 1.165) is 0 Å². The van der Waals surface area contributed by atoms with Crippen LogP contribution in [0.4, 0.5) is 0 Å². The number of hydrogen-bond donors (Lipinski definition) is 2. The molecule has 0 aromatic rings. The van der Waals surface area contributed by atoms with Crippen LogP contribution in [0.25, 0.3) is 0 Å². The van der Waals surface area contributed by atoms with E-state index < -0.39 is 8.24 Å². The Labute approximate surface area is 95.2 Å². The van der Waals surface area contributed by atoms with Gasteiger partial charge >= 0.3 is 0 Å². The van der Waals surface area contributed by atoms with Crippen LogP contribution in [0, 0.1) is 0 Å². The van der Waals surface area contributed by atoms with E-state index in [1.165, 1.54) is 0 Å². The zero-order valence-electron chi connectivity index (χ0n) is 11.0. The van der Waals surface area contributed by atoms with E-state index in [1.807, 2.05) is 4.57 Å². The number of hydrogen-bond acceptors (Lipinski definition) is 3. The minimum Gasteiger partial charge on any atom is -0.382 e. The lowest BCUT2D eigenvalue weighted by molar-refractivity contribution is 0.0818. The quantitative estimate of drug-likeness (QED) is 0.547. The van der Waals surface area contributed by atoms with Gasteiger partial charge in [0.1, 0.15) is 8.24 Å². The first-order valence-electron chi connectivity index (χ1n) is 5.82. The van der Waals surface area contributed by atoms with Gasteiger partial charge < -0.3 is 10.2 Å². The normalized spacial score (nSPS) is 13.6. The van der Waals surface area contributed by atoms with Gasteiger partial charge in [0, 0.05) is 0 Å². The van der Waals surface area contributed by atoms with Gasteiger partial charge in [-0.05, 0) is 16.6 Å². The van der Waals surface area contributed by atoms with Gasteiger partial charge in [-0.25, -0.2) is 0 Å². The molecule has 0 saturated carbocycles. The van der Waals surface area contributed by atoms with Gasteiger partial charge in [-0.3, -0.25) is 4.57 Å². The molecule has 0 bridgehead atoms. The van der Waals surface area contributed by atoms with Crippen LogP contribution in [0.2, 0.25) is 16.6 Å². The van der Waals surface area contributed by atoms with Crippen LogP contribution < -0.4 is 0 Å². The second kappa shape index (κ2) is 5.99. The molecule has 3 nitrogen and oxygen atoms in total. The van der Waals surface area contributed by atoms with Crippen molar-refractivity contribution in [3.63, 3.8) is 0 Å². The average Bonchev–Trinajstić information content (AvgIpc) is 2.11. The highest BCUT2D eigenvalue weighted by Crippen LogP contribution is 2.43. The lowest BCUT2D eigenvalue weighted by atomic mass is 10.5. The molecule has 0 amide bonds. The summed E-state index contributed by atoms with van der Waals surface area (Å²) in [7, 11) is -1.82. The average molecular weight is 233 g/mol. The first kappa shape index (κ1) is 15.1. The molecule has 0 heterocycles. The number of aliphatic hydroxyl groups excluding tert-OH is 2. The molecule has 0 aromatic heterocycles. The van der Waals surface area contributed by atoms with Crippen molar-refractivity contribution in [1.29, 1.82) is 0 Å². The van der Waals surface area contributed by atoms with Crippen molar-refractivity contribution in [3.8, 4) is 0 Å². The highest BCUT2D eigenvalue weighted by Gasteiger charge is 2.47. The molecule has 2 N–H and O–H groups in total. The molecule has 0 saturated heterocycles. The SMILES string of the molecule is CC(C)[Si](C(C)C)(C(C)C)N(CO)CO. The Morgan fingerprint density at radius 3 is 1.13 bits per heavy atom. The number of nitrogens with zero attached hydrogens (tertiary/aromatic N) is 1. The van der Waals surface area contributed by atoms with Gasteiger partial charge in [-0.15, -0.1) is 0 Å². The summed E-state index contributed by atoms with van der Waals surface area (Å²) in [6.45, 7) is 13.2. The molecule has 0 radical (unpaired) electrons. The van der Waals surface area contributed by atoms with E-state index in [9.17, 15) is 10.2 Å². The maximum atomic E-state index is 9.41. The molecule has 0 aliphatic carbocycles. The Bertz CT molecular complexity index is 158. The summed E-state index contributed by atoms with van der Waals surface area (Å²) in [5, 5.41) is 18.8. The maximum Gasteiger partial charge on any atom is 0.141 e. The highest BCUT2D eigenvalue weighted by molar-refractivity contribution is 6.80. The Balaban J connectivity index is 5.29. The fourth-order valence-corrected chi connectivity index (χ4v) is 10.1. The van der Waals surface area contributed by atoms with E-state index in [4.69, 9.17) is 0 Å². The Kier molecular flexibility index (Phi) is 6.03. The summed E-state index contributed by atoms with van der Waals surface area (Å²) in [5.74, 6) is 0. The summed E-state index contributed by atoms with van der Waals surface area (Å²) in [6.07, 6.45) is 0. The Hall–Kier alpha value is 0.0969. The molecule has 0 aromatic carbocycles. The maximum absolute atomic E-state index is 9.41. The van der Waals surface area contributed by atoms with Crippen molar-refractivity contribution < 1.29 is 10.2 Å². The zero-order valence-corrected chi connectivity index (χ0v) is 12.0. The van der Waals surface area contributed by atoms with Crippen LogP contribution in [0.5, 0.6) is 0 Å². The molecule has 0 aliphatic heterocycles. The molecule has 15 heavy (non-hydrogen) atoms. The van der Waals surface area contributed by atoms with Crippen molar-refractivity contribution in [2.45, 2.75) is 58.2 Å². The van der Waals surface area contributed by atoms with E-state index in [0.29, 0.717) is 16.6 Å². The van der Waals surface area contributed by atoms with Crippen LogP contribution >= 0.6 is 0 Å². The van der Waals surface area contributed by atoms with Crippen LogP contribution in [0.3, 0.4) is 0 Å². The fraction of sp³-hybridized carbons (Fsp3) is 1.00. The summed E-state index contributed by atoms with van der Waals surface area (Å²) < 4.78 is 1.91. The van der Waals surface area contributed by atoms with Crippen molar-refractivity contribution in [3.05, 3.63) is 0 Å². The van der Waals surface area contributed by atoms with Crippen molar-refractivity contribution in [2.75, 3.05) is 13.5 Å². The van der Waals surface area contributed by atoms with Crippen molar-refractivity contribution in [2.24, 2.45) is 0 Å². The van der Waals surface area contributed by atoms with Crippen LogP contribution in [0.15, 0.2) is 0 Å². The molecule has 0 aliphatic rings. The van der Waals surface area contributed by atoms with E-state index in [-0.39, 0.29) is 13.5 Å². The minimum absolute atomic E-state index is 0.0305. The first-order chi connectivity index (χ1) is 6.85. The van der Waals surface area contributed by atoms with Crippen molar-refractivity contribution >= 4 is 8.24 Å². The van der Waals surface area contributed by atoms with Gasteiger partial charge in [-0.2, -0.15) is 0 Å². The van der Waals surface area contributed by atoms with Crippen LogP contribution in [-0.4, -0.2) is 36.5 Å². The second-order valence-corrected chi connectivity index (χ2v) is 11.0. The van der Waals surface area contributed by atoms with Crippen LogP contribution in [0.1, 0.15) is 41.5 Å². The third kappa shape index (κ3) is 2.61. The highest BCUT2D eigenvalue weighted by atomic mass is 28.3. The molecule has 0 unspecified atom stereocenters. The van der Waals surface area contributed by atoms with Gasteiger partial charge in [-0.1, -0.05) is 41.5 Å². The van der Waals surface area contributed by atoms with Crippen LogP contribution in [-0.2, 0) is 0 Å². The number of rotatable bonds is 6. The Morgan fingerprint density at radius 2 is 1.07 bits per heavy atom. The predicted octanol–water partition coefficient (Wildman–Crippen LogP) is 2.36. The molecular weight excluding hydrogens is 206 g/mol. The van der Waals surface area contributed by atoms with E-state index in [2.05, 4.69) is 41.5 Å². The fourth-order valence-electron chi connectivity index (χ4n) is 3.39. The van der Waals surface area contributed by atoms with Gasteiger partial charge in [0.2, 0.25) is 0 Å². The molecule has 0 atom stereocenters. The van der Waals surface area contributed by atoms with Gasteiger partial charge in [0.25, 0.3) is 0 Å². The summed E-state index contributed by atoms with van der Waals surface area (Å²) in [5.41, 5.74) is 1.57. The van der Waals surface area contributed by atoms with E-state index >= 15 is 0 Å². The third-order valence-electron chi connectivity index (χ3n) is 3.66. The molecule has 0 fully saturated rings. The second-order valence-electron chi connectivity index (χ2n) is 5.17. The lowest BCUT2D eigenvalue weighted by Crippen LogP contribution is -2.60. The minimum atomic E-state index is -1.82. The molecular formula is C11H27NO2Si.